The maximum Gasteiger partial charge on any atom is 0.436 e. The minimum atomic E-state index is -4.74. The number of alkyl halides is 3. The van der Waals surface area contributed by atoms with Crippen LogP contribution in [0.15, 0.2) is 6.20 Å². The van der Waals surface area contributed by atoms with E-state index in [2.05, 4.69) is 15.5 Å². The normalized spacial score (nSPS) is 12.9. The number of nitrogens with zero attached hydrogens (tertiary/aromatic N) is 4. The van der Waals surface area contributed by atoms with E-state index in [-0.39, 0.29) is 17.1 Å². The van der Waals surface area contributed by atoms with Gasteiger partial charge in [-0.2, -0.15) is 23.4 Å². The first kappa shape index (κ1) is 18.8. The molecule has 2 amide bonds. The third-order valence-corrected chi connectivity index (χ3v) is 3.97. The fraction of sp³-hybridized carbons (Fsp3) is 0.385. The Bertz CT molecular complexity index is 842. The van der Waals surface area contributed by atoms with Gasteiger partial charge >= 0.3 is 6.18 Å². The van der Waals surface area contributed by atoms with Crippen molar-refractivity contribution >= 4 is 29.1 Å². The van der Waals surface area contributed by atoms with Crippen LogP contribution in [0.2, 0.25) is 5.02 Å². The molecule has 0 bridgehead atoms. The summed E-state index contributed by atoms with van der Waals surface area (Å²) in [6.07, 6.45) is -3.54. The summed E-state index contributed by atoms with van der Waals surface area (Å²) in [4.78, 5) is 23.7. The standard InChI is InChI=1S/C13H14ClF3N6O2/c1-5-8(14)10(13(15,16)17)21-23(5)6(2)12(25)20-7-4-19-22(3)9(7)11(18)24/h4,6H,1-3H3,(H2,18,24)(H,20,25)/t6-/m1/s1. The lowest BCUT2D eigenvalue weighted by atomic mass is 10.2. The number of aryl methyl sites for hydroxylation is 1. The molecule has 0 fully saturated rings. The van der Waals surface area contributed by atoms with Crippen molar-refractivity contribution in [3.63, 3.8) is 0 Å². The second-order valence-corrected chi connectivity index (χ2v) is 5.63. The lowest BCUT2D eigenvalue weighted by Crippen LogP contribution is -2.27. The van der Waals surface area contributed by atoms with Gasteiger partial charge in [0, 0.05) is 7.05 Å². The Morgan fingerprint density at radius 2 is 2.00 bits per heavy atom. The first-order valence-corrected chi connectivity index (χ1v) is 7.27. The molecule has 136 valence electrons. The number of rotatable bonds is 4. The zero-order valence-electron chi connectivity index (χ0n) is 13.3. The molecule has 0 spiro atoms. The molecule has 0 aliphatic carbocycles. The summed E-state index contributed by atoms with van der Waals surface area (Å²) in [6, 6.07) is -1.13. The van der Waals surface area contributed by atoms with Crippen LogP contribution in [0.4, 0.5) is 18.9 Å². The average Bonchev–Trinajstić information content (AvgIpc) is 2.99. The maximum absolute atomic E-state index is 12.9. The highest BCUT2D eigenvalue weighted by atomic mass is 35.5. The third kappa shape index (κ3) is 3.45. The number of nitrogens with two attached hydrogens (primary N) is 1. The van der Waals surface area contributed by atoms with Crippen LogP contribution in [0.1, 0.15) is 34.8 Å². The Kier molecular flexibility index (Phi) is 4.80. The predicted molar refractivity (Wildman–Crippen MR) is 82.0 cm³/mol. The zero-order chi connectivity index (χ0) is 19.1. The van der Waals surface area contributed by atoms with Crippen molar-refractivity contribution in [1.29, 1.82) is 0 Å². The van der Waals surface area contributed by atoms with E-state index < -0.39 is 34.7 Å². The van der Waals surface area contributed by atoms with Gasteiger partial charge in [-0.25, -0.2) is 0 Å². The topological polar surface area (TPSA) is 108 Å². The number of carbonyl (C=O) groups excluding carboxylic acids is 2. The summed E-state index contributed by atoms with van der Waals surface area (Å²) in [5.41, 5.74) is 3.91. The zero-order valence-corrected chi connectivity index (χ0v) is 14.1. The summed E-state index contributed by atoms with van der Waals surface area (Å²) in [5.74, 6) is -1.54. The second kappa shape index (κ2) is 6.39. The maximum atomic E-state index is 12.9. The Hall–Kier alpha value is -2.56. The van der Waals surface area contributed by atoms with Gasteiger partial charge in [0.25, 0.3) is 5.91 Å². The van der Waals surface area contributed by atoms with E-state index in [1.165, 1.54) is 31.8 Å². The van der Waals surface area contributed by atoms with Crippen molar-refractivity contribution in [2.75, 3.05) is 5.32 Å². The van der Waals surface area contributed by atoms with E-state index in [1.807, 2.05) is 0 Å². The third-order valence-electron chi connectivity index (χ3n) is 3.52. The number of carbonyl (C=O) groups is 2. The molecule has 25 heavy (non-hydrogen) atoms. The molecule has 12 heteroatoms. The van der Waals surface area contributed by atoms with Crippen LogP contribution in [0, 0.1) is 6.92 Å². The van der Waals surface area contributed by atoms with Gasteiger partial charge in [0.15, 0.2) is 5.69 Å². The highest BCUT2D eigenvalue weighted by Gasteiger charge is 2.39. The molecule has 0 aromatic carbocycles. The molecule has 2 heterocycles. The molecule has 0 aliphatic rings. The number of primary amides is 1. The molecule has 0 saturated carbocycles. The van der Waals surface area contributed by atoms with Crippen LogP contribution in [-0.4, -0.2) is 31.4 Å². The van der Waals surface area contributed by atoms with Crippen molar-refractivity contribution in [2.24, 2.45) is 12.8 Å². The van der Waals surface area contributed by atoms with Gasteiger partial charge in [0.2, 0.25) is 5.91 Å². The van der Waals surface area contributed by atoms with E-state index in [1.54, 1.807) is 0 Å². The lowest BCUT2D eigenvalue weighted by molar-refractivity contribution is -0.141. The molecule has 2 aromatic heterocycles. The van der Waals surface area contributed by atoms with E-state index >= 15 is 0 Å². The first-order chi connectivity index (χ1) is 11.4. The van der Waals surface area contributed by atoms with Gasteiger partial charge < -0.3 is 11.1 Å². The molecule has 2 aromatic rings. The van der Waals surface area contributed by atoms with Crippen LogP contribution < -0.4 is 11.1 Å². The molecule has 0 aliphatic heterocycles. The molecule has 8 nitrogen and oxygen atoms in total. The van der Waals surface area contributed by atoms with Crippen LogP contribution in [-0.2, 0) is 18.0 Å². The SMILES string of the molecule is Cc1c(Cl)c(C(F)(F)F)nn1[C@H](C)C(=O)Nc1cnn(C)c1C(N)=O. The molecule has 0 unspecified atom stereocenters. The van der Waals surface area contributed by atoms with Crippen LogP contribution in [0.25, 0.3) is 0 Å². The molecule has 2 rings (SSSR count). The number of aromatic nitrogens is 4. The minimum Gasteiger partial charge on any atom is -0.364 e. The van der Waals surface area contributed by atoms with E-state index in [0.717, 1.165) is 4.68 Å². The van der Waals surface area contributed by atoms with Crippen LogP contribution in [0.3, 0.4) is 0 Å². The number of amides is 2. The van der Waals surface area contributed by atoms with E-state index in [4.69, 9.17) is 17.3 Å². The average molecular weight is 379 g/mol. The van der Waals surface area contributed by atoms with Crippen molar-refractivity contribution in [1.82, 2.24) is 19.6 Å². The van der Waals surface area contributed by atoms with Gasteiger partial charge in [-0.3, -0.25) is 19.0 Å². The fourth-order valence-electron chi connectivity index (χ4n) is 2.23. The fourth-order valence-corrected chi connectivity index (χ4v) is 2.46. The van der Waals surface area contributed by atoms with E-state index in [0.29, 0.717) is 0 Å². The molecular formula is C13H14ClF3N6O2. The van der Waals surface area contributed by atoms with Crippen molar-refractivity contribution < 1.29 is 22.8 Å². The van der Waals surface area contributed by atoms with Gasteiger partial charge in [-0.15, -0.1) is 0 Å². The monoisotopic (exact) mass is 378 g/mol. The quantitative estimate of drug-likeness (QED) is 0.846. The molecule has 0 radical (unpaired) electrons. The number of nitrogens with one attached hydrogen (secondary N) is 1. The molecule has 1 atom stereocenters. The summed E-state index contributed by atoms with van der Waals surface area (Å²) in [5, 5.41) is 9.01. The van der Waals surface area contributed by atoms with Crippen LogP contribution >= 0.6 is 11.6 Å². The number of hydrogen-bond acceptors (Lipinski definition) is 4. The van der Waals surface area contributed by atoms with Gasteiger partial charge in [-0.05, 0) is 13.8 Å². The molecule has 0 saturated heterocycles. The predicted octanol–water partition coefficient (Wildman–Crippen LogP) is 1.90. The Morgan fingerprint density at radius 3 is 2.48 bits per heavy atom. The largest absolute Gasteiger partial charge is 0.436 e. The number of anilines is 1. The van der Waals surface area contributed by atoms with Crippen molar-refractivity contribution in [2.45, 2.75) is 26.1 Å². The van der Waals surface area contributed by atoms with Gasteiger partial charge in [0.05, 0.1) is 22.6 Å². The Balaban J connectivity index is 2.32. The number of halogens is 4. The minimum absolute atomic E-state index is 0.0158. The summed E-state index contributed by atoms with van der Waals surface area (Å²) in [7, 11) is 1.45. The summed E-state index contributed by atoms with van der Waals surface area (Å²) < 4.78 is 40.7. The number of hydrogen-bond donors (Lipinski definition) is 2. The molecule has 3 N–H and O–H groups in total. The smallest absolute Gasteiger partial charge is 0.364 e. The summed E-state index contributed by atoms with van der Waals surface area (Å²) in [6.45, 7) is 2.65. The van der Waals surface area contributed by atoms with Crippen LogP contribution in [0.5, 0.6) is 0 Å². The van der Waals surface area contributed by atoms with E-state index in [9.17, 15) is 22.8 Å². The highest BCUT2D eigenvalue weighted by Crippen LogP contribution is 2.36. The first-order valence-electron chi connectivity index (χ1n) is 6.89. The second-order valence-electron chi connectivity index (χ2n) is 5.25. The Morgan fingerprint density at radius 1 is 1.40 bits per heavy atom. The van der Waals surface area contributed by atoms with Crippen molar-refractivity contribution in [3.8, 4) is 0 Å². The molecular weight excluding hydrogens is 365 g/mol. The van der Waals surface area contributed by atoms with Gasteiger partial charge in [0.1, 0.15) is 11.7 Å². The Labute approximate surface area is 144 Å². The van der Waals surface area contributed by atoms with Crippen molar-refractivity contribution in [3.05, 3.63) is 28.3 Å². The highest BCUT2D eigenvalue weighted by molar-refractivity contribution is 6.32. The van der Waals surface area contributed by atoms with Gasteiger partial charge in [-0.1, -0.05) is 11.6 Å². The lowest BCUT2D eigenvalue weighted by Gasteiger charge is -2.14. The summed E-state index contributed by atoms with van der Waals surface area (Å²) >= 11 is 5.67.